The molecule has 1 atom stereocenters. The Morgan fingerprint density at radius 3 is 2.37 bits per heavy atom. The maximum absolute atomic E-state index is 14.3. The van der Waals surface area contributed by atoms with Crippen molar-refractivity contribution in [1.82, 2.24) is 14.9 Å². The first-order chi connectivity index (χ1) is 14.1. The molecule has 0 saturated heterocycles. The summed E-state index contributed by atoms with van der Waals surface area (Å²) >= 11 is 0. The van der Waals surface area contributed by atoms with Gasteiger partial charge in [0.15, 0.2) is 0 Å². The molecule has 3 aromatic rings. The zero-order chi connectivity index (χ0) is 21.9. The van der Waals surface area contributed by atoms with Crippen molar-refractivity contribution in [3.8, 4) is 17.1 Å². The van der Waals surface area contributed by atoms with E-state index in [1.54, 1.807) is 39.4 Å². The minimum absolute atomic E-state index is 0.249. The number of halogens is 1. The van der Waals surface area contributed by atoms with E-state index in [0.29, 0.717) is 17.9 Å². The van der Waals surface area contributed by atoms with Gasteiger partial charge in [0.2, 0.25) is 0 Å². The summed E-state index contributed by atoms with van der Waals surface area (Å²) in [4.78, 5) is 9.28. The number of H-pyrrole nitrogens is 1. The predicted molar refractivity (Wildman–Crippen MR) is 117 cm³/mol. The molecule has 0 bridgehead atoms. The number of alkyl halides is 1. The molecular formula is C24H30FN3O2. The normalized spacial score (nSPS) is 14.0. The van der Waals surface area contributed by atoms with Crippen molar-refractivity contribution in [2.24, 2.45) is 0 Å². The van der Waals surface area contributed by atoms with Crippen molar-refractivity contribution < 1.29 is 14.2 Å². The van der Waals surface area contributed by atoms with Crippen molar-refractivity contribution in [1.29, 1.82) is 0 Å². The standard InChI is InChI=1S/C24H30FN3O2/c1-23(2,25)15-17-6-11-21(30-5)20(14-17)24(29,16-28(3)4)19-9-7-18(8-10-19)22-26-12-13-27-22/h6-14,29H,15-16H2,1-5H3,(H,26,27). The number of hydrogen-bond acceptors (Lipinski definition) is 4. The van der Waals surface area contributed by atoms with Crippen LogP contribution in [0.15, 0.2) is 54.9 Å². The molecule has 0 aliphatic heterocycles. The first-order valence-electron chi connectivity index (χ1n) is 9.96. The van der Waals surface area contributed by atoms with Gasteiger partial charge in [0.1, 0.15) is 22.8 Å². The van der Waals surface area contributed by atoms with E-state index in [2.05, 4.69) is 9.97 Å². The summed E-state index contributed by atoms with van der Waals surface area (Å²) in [5, 5.41) is 11.9. The van der Waals surface area contributed by atoms with Gasteiger partial charge in [-0.25, -0.2) is 9.37 Å². The molecule has 0 saturated carbocycles. The number of aliphatic hydroxyl groups is 1. The van der Waals surface area contributed by atoms with Crippen molar-refractivity contribution >= 4 is 0 Å². The van der Waals surface area contributed by atoms with E-state index >= 15 is 0 Å². The Labute approximate surface area is 177 Å². The molecule has 0 fully saturated rings. The summed E-state index contributed by atoms with van der Waals surface area (Å²) in [5.74, 6) is 1.33. The highest BCUT2D eigenvalue weighted by molar-refractivity contribution is 5.57. The van der Waals surface area contributed by atoms with Gasteiger partial charge in [-0.1, -0.05) is 30.3 Å². The number of methoxy groups -OCH3 is 1. The van der Waals surface area contributed by atoms with Crippen molar-refractivity contribution in [2.75, 3.05) is 27.7 Å². The van der Waals surface area contributed by atoms with Crippen molar-refractivity contribution in [3.63, 3.8) is 0 Å². The summed E-state index contributed by atoms with van der Waals surface area (Å²) < 4.78 is 19.9. The SMILES string of the molecule is COc1ccc(CC(C)(C)F)cc1C(O)(CN(C)C)c1ccc(-c2ncc[nH]2)cc1. The highest BCUT2D eigenvalue weighted by Crippen LogP contribution is 2.38. The molecule has 160 valence electrons. The predicted octanol–water partition coefficient (Wildman–Crippen LogP) is 4.17. The monoisotopic (exact) mass is 411 g/mol. The Hall–Kier alpha value is -2.70. The number of rotatable bonds is 8. The van der Waals surface area contributed by atoms with Gasteiger partial charge in [0, 0.05) is 36.5 Å². The Bertz CT molecular complexity index is 963. The first-order valence-corrected chi connectivity index (χ1v) is 9.96. The molecule has 1 unspecified atom stereocenters. The number of ether oxygens (including phenoxy) is 1. The lowest BCUT2D eigenvalue weighted by Gasteiger charge is -2.34. The lowest BCUT2D eigenvalue weighted by molar-refractivity contribution is 0.0489. The van der Waals surface area contributed by atoms with Gasteiger partial charge >= 0.3 is 0 Å². The van der Waals surface area contributed by atoms with Crippen LogP contribution in [-0.2, 0) is 12.0 Å². The third-order valence-electron chi connectivity index (χ3n) is 5.01. The van der Waals surface area contributed by atoms with Crippen LogP contribution in [0.3, 0.4) is 0 Å². The second-order valence-corrected chi connectivity index (χ2v) is 8.54. The summed E-state index contributed by atoms with van der Waals surface area (Å²) in [6, 6.07) is 13.1. The van der Waals surface area contributed by atoms with Gasteiger partial charge in [-0.3, -0.25) is 0 Å². The number of aromatic nitrogens is 2. The number of imidazole rings is 1. The fourth-order valence-corrected chi connectivity index (χ4v) is 3.79. The van der Waals surface area contributed by atoms with Crippen LogP contribution in [-0.4, -0.2) is 53.4 Å². The summed E-state index contributed by atoms with van der Waals surface area (Å²) in [6.45, 7) is 3.44. The zero-order valence-electron chi connectivity index (χ0n) is 18.2. The van der Waals surface area contributed by atoms with Gasteiger partial charge in [0.05, 0.1) is 7.11 Å². The molecule has 6 heteroatoms. The largest absolute Gasteiger partial charge is 0.496 e. The molecule has 3 rings (SSSR count). The maximum atomic E-state index is 14.3. The van der Waals surface area contributed by atoms with Crippen LogP contribution in [0, 0.1) is 0 Å². The van der Waals surface area contributed by atoms with Gasteiger partial charge in [-0.05, 0) is 51.2 Å². The van der Waals surface area contributed by atoms with E-state index in [-0.39, 0.29) is 6.42 Å². The number of nitrogens with zero attached hydrogens (tertiary/aromatic N) is 2. The first kappa shape index (κ1) is 22.0. The van der Waals surface area contributed by atoms with Crippen LogP contribution in [0.2, 0.25) is 0 Å². The van der Waals surface area contributed by atoms with Gasteiger partial charge in [-0.2, -0.15) is 0 Å². The van der Waals surface area contributed by atoms with E-state index in [9.17, 15) is 9.50 Å². The van der Waals surface area contributed by atoms with Crippen LogP contribution in [0.4, 0.5) is 4.39 Å². The zero-order valence-corrected chi connectivity index (χ0v) is 18.2. The second kappa shape index (κ2) is 8.58. The molecule has 0 aliphatic rings. The molecule has 30 heavy (non-hydrogen) atoms. The summed E-state index contributed by atoms with van der Waals surface area (Å²) in [6.07, 6.45) is 3.72. The van der Waals surface area contributed by atoms with Crippen molar-refractivity contribution in [2.45, 2.75) is 31.5 Å². The molecule has 0 amide bonds. The summed E-state index contributed by atoms with van der Waals surface area (Å²) in [5.41, 5.74) is 0.384. The Balaban J connectivity index is 2.09. The number of benzene rings is 2. The van der Waals surface area contributed by atoms with E-state index in [1.807, 2.05) is 55.4 Å². The third-order valence-corrected chi connectivity index (χ3v) is 5.01. The van der Waals surface area contributed by atoms with Gasteiger partial charge in [-0.15, -0.1) is 0 Å². The van der Waals surface area contributed by atoms with Crippen LogP contribution >= 0.6 is 0 Å². The van der Waals surface area contributed by atoms with Crippen LogP contribution in [0.25, 0.3) is 11.4 Å². The van der Waals surface area contributed by atoms with E-state index in [4.69, 9.17) is 4.74 Å². The molecular weight excluding hydrogens is 381 g/mol. The number of nitrogens with one attached hydrogen (secondary N) is 1. The smallest absolute Gasteiger partial charge is 0.137 e. The fourth-order valence-electron chi connectivity index (χ4n) is 3.79. The molecule has 0 aliphatic carbocycles. The molecule has 0 radical (unpaired) electrons. The van der Waals surface area contributed by atoms with Gasteiger partial charge in [0.25, 0.3) is 0 Å². The molecule has 5 nitrogen and oxygen atoms in total. The Kier molecular flexibility index (Phi) is 6.29. The maximum Gasteiger partial charge on any atom is 0.137 e. The van der Waals surface area contributed by atoms with E-state index in [1.165, 1.54) is 0 Å². The minimum atomic E-state index is -1.35. The minimum Gasteiger partial charge on any atom is -0.496 e. The average Bonchev–Trinajstić information content (AvgIpc) is 3.21. The van der Waals surface area contributed by atoms with Crippen LogP contribution in [0.1, 0.15) is 30.5 Å². The topological polar surface area (TPSA) is 61.4 Å². The van der Waals surface area contributed by atoms with Crippen LogP contribution in [0.5, 0.6) is 5.75 Å². The summed E-state index contributed by atoms with van der Waals surface area (Å²) in [7, 11) is 5.39. The third kappa shape index (κ3) is 4.89. The molecule has 1 heterocycles. The van der Waals surface area contributed by atoms with E-state index < -0.39 is 11.3 Å². The Morgan fingerprint density at radius 1 is 1.13 bits per heavy atom. The lowest BCUT2D eigenvalue weighted by Crippen LogP contribution is -2.39. The Morgan fingerprint density at radius 2 is 1.83 bits per heavy atom. The number of hydrogen-bond donors (Lipinski definition) is 2. The molecule has 2 aromatic carbocycles. The van der Waals surface area contributed by atoms with E-state index in [0.717, 1.165) is 22.5 Å². The second-order valence-electron chi connectivity index (χ2n) is 8.54. The van der Waals surface area contributed by atoms with Crippen molar-refractivity contribution in [3.05, 3.63) is 71.5 Å². The number of aromatic amines is 1. The lowest BCUT2D eigenvalue weighted by atomic mass is 9.83. The molecule has 2 N–H and O–H groups in total. The highest BCUT2D eigenvalue weighted by atomic mass is 19.1. The molecule has 1 aromatic heterocycles. The number of likely N-dealkylation sites (N-methyl/N-ethyl adjacent to an activating group) is 1. The fraction of sp³-hybridized carbons (Fsp3) is 0.375. The quantitative estimate of drug-likeness (QED) is 0.584. The average molecular weight is 412 g/mol. The highest BCUT2D eigenvalue weighted by Gasteiger charge is 2.36. The van der Waals surface area contributed by atoms with Crippen LogP contribution < -0.4 is 4.74 Å². The molecule has 0 spiro atoms. The van der Waals surface area contributed by atoms with Gasteiger partial charge < -0.3 is 19.7 Å².